The zero-order valence-electron chi connectivity index (χ0n) is 6.08. The van der Waals surface area contributed by atoms with Crippen molar-refractivity contribution in [3.8, 4) is 0 Å². The molecule has 2 rings (SSSR count). The van der Waals surface area contributed by atoms with E-state index in [1.54, 1.807) is 0 Å². The van der Waals surface area contributed by atoms with E-state index in [1.165, 1.54) is 0 Å². The maximum absolute atomic E-state index is 10.9. The van der Waals surface area contributed by atoms with Crippen LogP contribution in [0.5, 0.6) is 0 Å². The van der Waals surface area contributed by atoms with Gasteiger partial charge >= 0.3 is 11.4 Å². The van der Waals surface area contributed by atoms with E-state index in [1.807, 2.05) is 4.98 Å². The van der Waals surface area contributed by atoms with E-state index in [4.69, 9.17) is 0 Å². The Morgan fingerprint density at radius 2 is 1.31 bits per heavy atom. The number of hydrogen-bond acceptors (Lipinski definition) is 3. The number of imidazole rings is 1. The normalized spacial score (nSPS) is 9.85. The standard InChI is InChI=1S/C5H4N4O3.Fe/c10-3-1-2(7-4(11)6-1)8-5(12)9-3;/h(H4,6,7,8,9,10,11,12);. The molecule has 7 nitrogen and oxygen atoms in total. The molecule has 0 radical (unpaired) electrons. The van der Waals surface area contributed by atoms with Gasteiger partial charge in [-0.2, -0.15) is 0 Å². The number of H-pyrrole nitrogens is 4. The molecule has 2 heterocycles. The molecular weight excluding hydrogens is 220 g/mol. The Kier molecular flexibility index (Phi) is 2.26. The average molecular weight is 224 g/mol. The molecule has 70 valence electrons. The Labute approximate surface area is 80.1 Å². The van der Waals surface area contributed by atoms with Crippen molar-refractivity contribution < 1.29 is 17.1 Å². The van der Waals surface area contributed by atoms with Gasteiger partial charge in [0.05, 0.1) is 0 Å². The Morgan fingerprint density at radius 1 is 0.769 bits per heavy atom. The minimum atomic E-state index is -0.650. The SMILES string of the molecule is O=c1[nH]c(=O)c2[nH]c(=O)[nH]c2[nH]1.[Fe]. The molecule has 0 saturated carbocycles. The van der Waals surface area contributed by atoms with Gasteiger partial charge in [0.2, 0.25) is 0 Å². The number of aromatic nitrogens is 4. The summed E-state index contributed by atoms with van der Waals surface area (Å²) in [5.41, 5.74) is -1.65. The third kappa shape index (κ3) is 1.49. The summed E-state index contributed by atoms with van der Waals surface area (Å²) in [6.07, 6.45) is 0. The van der Waals surface area contributed by atoms with Crippen LogP contribution in [0.2, 0.25) is 0 Å². The molecule has 8 heteroatoms. The number of fused-ring (bicyclic) bond motifs is 1. The van der Waals surface area contributed by atoms with Crippen molar-refractivity contribution in [1.82, 2.24) is 19.9 Å². The molecular formula is C5H4FeN4O3. The molecule has 0 aliphatic carbocycles. The Hall–Kier alpha value is -1.53. The second-order valence-electron chi connectivity index (χ2n) is 2.24. The second kappa shape index (κ2) is 3.08. The van der Waals surface area contributed by atoms with E-state index >= 15 is 0 Å². The molecule has 13 heavy (non-hydrogen) atoms. The molecule has 0 aliphatic rings. The predicted molar refractivity (Wildman–Crippen MR) is 40.2 cm³/mol. The minimum absolute atomic E-state index is 0. The summed E-state index contributed by atoms with van der Waals surface area (Å²) in [5, 5.41) is 0. The van der Waals surface area contributed by atoms with Gasteiger partial charge in [-0.25, -0.2) is 9.59 Å². The van der Waals surface area contributed by atoms with Crippen molar-refractivity contribution in [2.75, 3.05) is 0 Å². The van der Waals surface area contributed by atoms with Crippen LogP contribution in [-0.4, -0.2) is 19.9 Å². The fraction of sp³-hybridized carbons (Fsp3) is 0. The summed E-state index contributed by atoms with van der Waals surface area (Å²) < 4.78 is 0. The molecule has 4 N–H and O–H groups in total. The van der Waals surface area contributed by atoms with Crippen LogP contribution >= 0.6 is 0 Å². The van der Waals surface area contributed by atoms with E-state index in [-0.39, 0.29) is 28.2 Å². The van der Waals surface area contributed by atoms with Crippen LogP contribution in [-0.2, 0) is 17.1 Å². The Morgan fingerprint density at radius 3 is 1.92 bits per heavy atom. The number of aromatic amines is 4. The van der Waals surface area contributed by atoms with Crippen LogP contribution in [0.15, 0.2) is 14.4 Å². The van der Waals surface area contributed by atoms with Crippen molar-refractivity contribution in [1.29, 1.82) is 0 Å². The van der Waals surface area contributed by atoms with E-state index in [9.17, 15) is 14.4 Å². The van der Waals surface area contributed by atoms with Gasteiger partial charge in [0, 0.05) is 17.1 Å². The van der Waals surface area contributed by atoms with Crippen LogP contribution < -0.4 is 16.9 Å². The van der Waals surface area contributed by atoms with Crippen molar-refractivity contribution in [2.24, 2.45) is 0 Å². The maximum Gasteiger partial charge on any atom is 0.327 e. The van der Waals surface area contributed by atoms with E-state index < -0.39 is 16.9 Å². The summed E-state index contributed by atoms with van der Waals surface area (Å²) >= 11 is 0. The fourth-order valence-electron chi connectivity index (χ4n) is 0.958. The molecule has 0 unspecified atom stereocenters. The smallest absolute Gasteiger partial charge is 0.300 e. The van der Waals surface area contributed by atoms with Crippen LogP contribution in [0.25, 0.3) is 11.2 Å². The van der Waals surface area contributed by atoms with Crippen LogP contribution in [0, 0.1) is 0 Å². The van der Waals surface area contributed by atoms with Gasteiger partial charge in [-0.15, -0.1) is 0 Å². The Bertz CT molecular complexity index is 588. The molecule has 2 aromatic heterocycles. The van der Waals surface area contributed by atoms with E-state index in [2.05, 4.69) is 15.0 Å². The van der Waals surface area contributed by atoms with Crippen molar-refractivity contribution in [3.05, 3.63) is 31.3 Å². The molecule has 0 saturated heterocycles. The fourth-order valence-corrected chi connectivity index (χ4v) is 0.958. The summed E-state index contributed by atoms with van der Waals surface area (Å²) in [5.74, 6) is 0. The second-order valence-corrected chi connectivity index (χ2v) is 2.24. The first-order valence-corrected chi connectivity index (χ1v) is 3.11. The zero-order chi connectivity index (χ0) is 8.72. The van der Waals surface area contributed by atoms with Gasteiger partial charge in [0.1, 0.15) is 11.2 Å². The van der Waals surface area contributed by atoms with Gasteiger partial charge in [-0.05, 0) is 0 Å². The third-order valence-corrected chi connectivity index (χ3v) is 1.42. The van der Waals surface area contributed by atoms with Crippen LogP contribution in [0.4, 0.5) is 0 Å². The molecule has 0 aliphatic heterocycles. The molecule has 0 fully saturated rings. The van der Waals surface area contributed by atoms with Gasteiger partial charge in [-0.3, -0.25) is 24.7 Å². The van der Waals surface area contributed by atoms with E-state index in [0.717, 1.165) is 0 Å². The summed E-state index contributed by atoms with van der Waals surface area (Å²) in [4.78, 5) is 41.0. The van der Waals surface area contributed by atoms with Gasteiger partial charge in [-0.1, -0.05) is 0 Å². The number of rotatable bonds is 0. The Balaban J connectivity index is 0.000000845. The minimum Gasteiger partial charge on any atom is -0.300 e. The molecule has 0 aromatic carbocycles. The average Bonchev–Trinajstić information content (AvgIpc) is 2.29. The summed E-state index contributed by atoms with van der Waals surface area (Å²) in [7, 11) is 0. The van der Waals surface area contributed by atoms with Crippen molar-refractivity contribution in [2.45, 2.75) is 0 Å². The van der Waals surface area contributed by atoms with Gasteiger partial charge in [0.15, 0.2) is 0 Å². The van der Waals surface area contributed by atoms with Crippen LogP contribution in [0.3, 0.4) is 0 Å². The summed E-state index contributed by atoms with van der Waals surface area (Å²) in [6, 6.07) is 0. The molecule has 2 aromatic rings. The topological polar surface area (TPSA) is 114 Å². The first-order chi connectivity index (χ1) is 5.66. The number of nitrogens with one attached hydrogen (secondary N) is 4. The van der Waals surface area contributed by atoms with Gasteiger partial charge < -0.3 is 0 Å². The third-order valence-electron chi connectivity index (χ3n) is 1.42. The van der Waals surface area contributed by atoms with Crippen LogP contribution in [0.1, 0.15) is 0 Å². The summed E-state index contributed by atoms with van der Waals surface area (Å²) in [6.45, 7) is 0. The van der Waals surface area contributed by atoms with E-state index in [0.29, 0.717) is 0 Å². The largest absolute Gasteiger partial charge is 0.327 e. The molecule has 0 spiro atoms. The predicted octanol–water partition coefficient (Wildman–Crippen LogP) is -1.77. The molecule has 0 amide bonds. The van der Waals surface area contributed by atoms with Crippen molar-refractivity contribution >= 4 is 11.2 Å². The monoisotopic (exact) mass is 224 g/mol. The molecule has 0 atom stereocenters. The maximum atomic E-state index is 10.9. The first kappa shape index (κ1) is 9.56. The number of hydrogen-bond donors (Lipinski definition) is 4. The molecule has 0 bridgehead atoms. The quantitative estimate of drug-likeness (QED) is 0.397. The zero-order valence-corrected chi connectivity index (χ0v) is 7.18. The van der Waals surface area contributed by atoms with Crippen molar-refractivity contribution in [3.63, 3.8) is 0 Å². The van der Waals surface area contributed by atoms with Gasteiger partial charge in [0.25, 0.3) is 5.56 Å². The first-order valence-electron chi connectivity index (χ1n) is 3.11.